The zero-order chi connectivity index (χ0) is 16.7. The number of nitriles is 1. The molecule has 0 radical (unpaired) electrons. The van der Waals surface area contributed by atoms with Gasteiger partial charge < -0.3 is 15.0 Å². The van der Waals surface area contributed by atoms with Gasteiger partial charge in [-0.15, -0.1) is 0 Å². The van der Waals surface area contributed by atoms with Crippen molar-refractivity contribution in [3.8, 4) is 6.07 Å². The van der Waals surface area contributed by atoms with Gasteiger partial charge in [0, 0.05) is 24.6 Å². The summed E-state index contributed by atoms with van der Waals surface area (Å²) in [5.74, 6) is -0.392. The number of amides is 1. The molecule has 0 aliphatic carbocycles. The van der Waals surface area contributed by atoms with E-state index in [4.69, 9.17) is 5.26 Å². The van der Waals surface area contributed by atoms with Crippen LogP contribution in [0.4, 0.5) is 5.69 Å². The molecular weight excluding hydrogens is 294 g/mol. The lowest BCUT2D eigenvalue weighted by molar-refractivity contribution is -0.121. The fourth-order valence-corrected chi connectivity index (χ4v) is 2.68. The van der Waals surface area contributed by atoms with Gasteiger partial charge in [0.05, 0.1) is 18.7 Å². The number of rotatable bonds is 5. The van der Waals surface area contributed by atoms with Crippen LogP contribution in [0, 0.1) is 17.2 Å². The maximum absolute atomic E-state index is 12.3. The molecule has 0 bridgehead atoms. The summed E-state index contributed by atoms with van der Waals surface area (Å²) in [7, 11) is 1.33. The Labute approximate surface area is 136 Å². The van der Waals surface area contributed by atoms with Crippen LogP contribution in [0.2, 0.25) is 0 Å². The molecule has 6 heteroatoms. The van der Waals surface area contributed by atoms with Crippen molar-refractivity contribution in [2.24, 2.45) is 5.92 Å². The van der Waals surface area contributed by atoms with Crippen LogP contribution in [0.5, 0.6) is 0 Å². The van der Waals surface area contributed by atoms with E-state index in [1.807, 2.05) is 0 Å². The summed E-state index contributed by atoms with van der Waals surface area (Å²) < 4.78 is 4.64. The Kier molecular flexibility index (Phi) is 6.12. The van der Waals surface area contributed by atoms with Crippen molar-refractivity contribution in [1.29, 1.82) is 5.26 Å². The molecule has 2 rings (SSSR count). The maximum Gasteiger partial charge on any atom is 0.337 e. The van der Waals surface area contributed by atoms with Crippen molar-refractivity contribution in [3.05, 3.63) is 29.8 Å². The maximum atomic E-state index is 12.3. The molecule has 1 aromatic carbocycles. The molecule has 6 nitrogen and oxygen atoms in total. The molecular formula is C17H21N3O3. The molecule has 1 amide bonds. The Bertz CT molecular complexity index is 584. The predicted molar refractivity (Wildman–Crippen MR) is 85.8 cm³/mol. The van der Waals surface area contributed by atoms with E-state index in [-0.39, 0.29) is 11.8 Å². The summed E-state index contributed by atoms with van der Waals surface area (Å²) in [6.07, 6.45) is 2.14. The van der Waals surface area contributed by atoms with Gasteiger partial charge in [-0.25, -0.2) is 4.79 Å². The van der Waals surface area contributed by atoms with Crippen molar-refractivity contribution >= 4 is 17.6 Å². The Morgan fingerprint density at radius 1 is 1.30 bits per heavy atom. The molecule has 1 N–H and O–H groups in total. The van der Waals surface area contributed by atoms with E-state index < -0.39 is 5.97 Å². The largest absolute Gasteiger partial charge is 0.465 e. The van der Waals surface area contributed by atoms with Crippen LogP contribution >= 0.6 is 0 Å². The topological polar surface area (TPSA) is 82.4 Å². The lowest BCUT2D eigenvalue weighted by Crippen LogP contribution is -2.38. The highest BCUT2D eigenvalue weighted by Gasteiger charge is 2.24. The van der Waals surface area contributed by atoms with Crippen molar-refractivity contribution in [2.45, 2.75) is 19.3 Å². The first-order valence-electron chi connectivity index (χ1n) is 7.72. The van der Waals surface area contributed by atoms with Gasteiger partial charge in [-0.05, 0) is 50.2 Å². The average molecular weight is 315 g/mol. The van der Waals surface area contributed by atoms with Gasteiger partial charge >= 0.3 is 5.97 Å². The fourth-order valence-electron chi connectivity index (χ4n) is 2.68. The minimum atomic E-state index is -0.396. The average Bonchev–Trinajstić information content (AvgIpc) is 2.60. The zero-order valence-corrected chi connectivity index (χ0v) is 13.2. The van der Waals surface area contributed by atoms with Crippen LogP contribution in [0.3, 0.4) is 0 Å². The summed E-state index contributed by atoms with van der Waals surface area (Å²) in [6.45, 7) is 2.47. The number of esters is 1. The van der Waals surface area contributed by atoms with Crippen LogP contribution < -0.4 is 5.32 Å². The number of hydrogen-bond donors (Lipinski definition) is 1. The highest BCUT2D eigenvalue weighted by molar-refractivity contribution is 5.94. The highest BCUT2D eigenvalue weighted by Crippen LogP contribution is 2.20. The summed E-state index contributed by atoms with van der Waals surface area (Å²) in [4.78, 5) is 25.9. The van der Waals surface area contributed by atoms with Crippen molar-refractivity contribution < 1.29 is 14.3 Å². The monoisotopic (exact) mass is 315 g/mol. The standard InChI is InChI=1S/C17H21N3O3/c1-23-17(22)14-3-5-15(6-4-14)19-16(21)13-7-11-20(12-8-13)10-2-9-18/h3-6,13H,2,7-8,10-12H2,1H3,(H,19,21). The lowest BCUT2D eigenvalue weighted by atomic mass is 9.95. The molecule has 1 heterocycles. The quantitative estimate of drug-likeness (QED) is 0.841. The normalized spacial score (nSPS) is 15.7. The summed E-state index contributed by atoms with van der Waals surface area (Å²) >= 11 is 0. The Morgan fingerprint density at radius 2 is 1.96 bits per heavy atom. The first-order valence-corrected chi connectivity index (χ1v) is 7.72. The van der Waals surface area contributed by atoms with E-state index in [0.717, 1.165) is 32.5 Å². The number of anilines is 1. The number of carbonyl (C=O) groups excluding carboxylic acids is 2. The van der Waals surface area contributed by atoms with E-state index in [9.17, 15) is 9.59 Å². The van der Waals surface area contributed by atoms with Gasteiger partial charge in [0.1, 0.15) is 0 Å². The van der Waals surface area contributed by atoms with Crippen molar-refractivity contribution in [1.82, 2.24) is 4.90 Å². The van der Waals surface area contributed by atoms with Crippen LogP contribution in [0.1, 0.15) is 29.6 Å². The van der Waals surface area contributed by atoms with E-state index in [0.29, 0.717) is 17.7 Å². The molecule has 0 aromatic heterocycles. The second kappa shape index (κ2) is 8.30. The number of nitrogens with one attached hydrogen (secondary N) is 1. The number of nitrogens with zero attached hydrogens (tertiary/aromatic N) is 2. The summed E-state index contributed by atoms with van der Waals surface area (Å²) in [6, 6.07) is 8.81. The van der Waals surface area contributed by atoms with E-state index in [1.54, 1.807) is 24.3 Å². The number of piperidine rings is 1. The van der Waals surface area contributed by atoms with Crippen LogP contribution in [0.25, 0.3) is 0 Å². The summed E-state index contributed by atoms with van der Waals surface area (Å²) in [5.41, 5.74) is 1.13. The predicted octanol–water partition coefficient (Wildman–Crippen LogP) is 2.04. The minimum Gasteiger partial charge on any atom is -0.465 e. The minimum absolute atomic E-state index is 0.00591. The SMILES string of the molecule is COC(=O)c1ccc(NC(=O)C2CCN(CCC#N)CC2)cc1. The molecule has 23 heavy (non-hydrogen) atoms. The summed E-state index contributed by atoms with van der Waals surface area (Å²) in [5, 5.41) is 11.5. The molecule has 0 atom stereocenters. The van der Waals surface area contributed by atoms with E-state index in [2.05, 4.69) is 21.0 Å². The fraction of sp³-hybridized carbons (Fsp3) is 0.471. The molecule has 1 saturated heterocycles. The van der Waals surface area contributed by atoms with Crippen LogP contribution in [-0.4, -0.2) is 43.5 Å². The molecule has 122 valence electrons. The Morgan fingerprint density at radius 3 is 2.52 bits per heavy atom. The van der Waals surface area contributed by atoms with Crippen LogP contribution in [-0.2, 0) is 9.53 Å². The third-order valence-electron chi connectivity index (χ3n) is 4.07. The molecule has 1 aliphatic heterocycles. The number of benzene rings is 1. The van der Waals surface area contributed by atoms with Gasteiger partial charge in [-0.2, -0.15) is 5.26 Å². The van der Waals surface area contributed by atoms with Gasteiger partial charge in [0.15, 0.2) is 0 Å². The number of carbonyl (C=O) groups is 2. The number of hydrogen-bond acceptors (Lipinski definition) is 5. The van der Waals surface area contributed by atoms with Gasteiger partial charge in [-0.3, -0.25) is 4.79 Å². The first kappa shape index (κ1) is 17.0. The highest BCUT2D eigenvalue weighted by atomic mass is 16.5. The van der Waals surface area contributed by atoms with Crippen LogP contribution in [0.15, 0.2) is 24.3 Å². The number of ether oxygens (including phenoxy) is 1. The third-order valence-corrected chi connectivity index (χ3v) is 4.07. The second-order valence-corrected chi connectivity index (χ2v) is 5.58. The van der Waals surface area contributed by atoms with E-state index >= 15 is 0 Å². The van der Waals surface area contributed by atoms with Crippen molar-refractivity contribution in [2.75, 3.05) is 32.1 Å². The third kappa shape index (κ3) is 4.80. The van der Waals surface area contributed by atoms with Crippen molar-refractivity contribution in [3.63, 3.8) is 0 Å². The molecule has 1 aliphatic rings. The molecule has 0 saturated carbocycles. The number of methoxy groups -OCH3 is 1. The second-order valence-electron chi connectivity index (χ2n) is 5.58. The lowest BCUT2D eigenvalue weighted by Gasteiger charge is -2.30. The number of likely N-dealkylation sites (tertiary alicyclic amines) is 1. The molecule has 1 aromatic rings. The Hall–Kier alpha value is -2.39. The van der Waals surface area contributed by atoms with Gasteiger partial charge in [-0.1, -0.05) is 0 Å². The molecule has 1 fully saturated rings. The molecule has 0 unspecified atom stereocenters. The smallest absolute Gasteiger partial charge is 0.337 e. The first-order chi connectivity index (χ1) is 11.1. The Balaban J connectivity index is 1.83. The zero-order valence-electron chi connectivity index (χ0n) is 13.2. The van der Waals surface area contributed by atoms with E-state index in [1.165, 1.54) is 7.11 Å². The van der Waals surface area contributed by atoms with Gasteiger partial charge in [0.25, 0.3) is 0 Å². The van der Waals surface area contributed by atoms with Gasteiger partial charge in [0.2, 0.25) is 5.91 Å². The molecule has 0 spiro atoms.